The minimum atomic E-state index is -1.06. The highest BCUT2D eigenvalue weighted by Crippen LogP contribution is 2.27. The molecule has 4 aromatic rings. The molecule has 178 valence electrons. The first-order valence-corrected chi connectivity index (χ1v) is 10.8. The zero-order valence-corrected chi connectivity index (χ0v) is 19.1. The monoisotopic (exact) mass is 474 g/mol. The third-order valence-electron chi connectivity index (χ3n) is 5.13. The van der Waals surface area contributed by atoms with E-state index in [4.69, 9.17) is 9.47 Å². The standard InChI is InChI=1S/C26H23FN4O4/c1-17(35-23-14-7-6-13-22(23)27)25(32)28-29-26(33)21-16-31(19-10-4-3-5-11-19)30-24(21)18-9-8-12-20(15-18)34-2/h3-17H,1-2H3,(H,28,32)(H,29,33). The predicted molar refractivity (Wildman–Crippen MR) is 128 cm³/mol. The van der Waals surface area contributed by atoms with Gasteiger partial charge >= 0.3 is 0 Å². The van der Waals surface area contributed by atoms with Gasteiger partial charge in [-0.2, -0.15) is 5.10 Å². The van der Waals surface area contributed by atoms with Gasteiger partial charge in [0.15, 0.2) is 17.7 Å². The molecular formula is C26H23FN4O4. The number of hydrazine groups is 1. The van der Waals surface area contributed by atoms with Crippen LogP contribution in [0.4, 0.5) is 4.39 Å². The molecule has 2 N–H and O–H groups in total. The maximum absolute atomic E-state index is 13.8. The Kier molecular flexibility index (Phi) is 7.06. The van der Waals surface area contributed by atoms with Crippen LogP contribution in [0.1, 0.15) is 17.3 Å². The summed E-state index contributed by atoms with van der Waals surface area (Å²) in [7, 11) is 1.55. The van der Waals surface area contributed by atoms with Crippen molar-refractivity contribution in [2.24, 2.45) is 0 Å². The number of methoxy groups -OCH3 is 1. The topological polar surface area (TPSA) is 94.5 Å². The second-order valence-corrected chi connectivity index (χ2v) is 7.54. The van der Waals surface area contributed by atoms with Gasteiger partial charge in [0, 0.05) is 11.8 Å². The Bertz CT molecular complexity index is 1340. The van der Waals surface area contributed by atoms with Crippen LogP contribution < -0.4 is 20.3 Å². The molecule has 0 aliphatic heterocycles. The van der Waals surface area contributed by atoms with Gasteiger partial charge in [0.25, 0.3) is 11.8 Å². The molecule has 0 saturated heterocycles. The molecule has 1 heterocycles. The van der Waals surface area contributed by atoms with Gasteiger partial charge in [-0.05, 0) is 43.3 Å². The number of amides is 2. The largest absolute Gasteiger partial charge is 0.497 e. The van der Waals surface area contributed by atoms with Gasteiger partial charge in [0.2, 0.25) is 0 Å². The van der Waals surface area contributed by atoms with Crippen molar-refractivity contribution in [3.8, 4) is 28.4 Å². The first-order chi connectivity index (χ1) is 17.0. The molecule has 0 fully saturated rings. The lowest BCUT2D eigenvalue weighted by Crippen LogP contribution is -2.47. The molecule has 1 atom stereocenters. The summed E-state index contributed by atoms with van der Waals surface area (Å²) in [4.78, 5) is 25.5. The molecule has 4 rings (SSSR count). The Morgan fingerprint density at radius 2 is 1.71 bits per heavy atom. The van der Waals surface area contributed by atoms with Crippen LogP contribution in [0.3, 0.4) is 0 Å². The van der Waals surface area contributed by atoms with Crippen LogP contribution in [-0.2, 0) is 4.79 Å². The highest BCUT2D eigenvalue weighted by atomic mass is 19.1. The SMILES string of the molecule is COc1cccc(-c2nn(-c3ccccc3)cc2C(=O)NNC(=O)C(C)Oc2ccccc2F)c1. The van der Waals surface area contributed by atoms with Crippen LogP contribution in [0.15, 0.2) is 85.1 Å². The lowest BCUT2D eigenvalue weighted by Gasteiger charge is -2.15. The van der Waals surface area contributed by atoms with Gasteiger partial charge in [-0.25, -0.2) is 9.07 Å². The van der Waals surface area contributed by atoms with Gasteiger partial charge in [-0.15, -0.1) is 0 Å². The van der Waals surface area contributed by atoms with Crippen molar-refractivity contribution in [2.45, 2.75) is 13.0 Å². The van der Waals surface area contributed by atoms with E-state index in [-0.39, 0.29) is 11.3 Å². The van der Waals surface area contributed by atoms with Crippen molar-refractivity contribution >= 4 is 11.8 Å². The number of nitrogens with zero attached hydrogens (tertiary/aromatic N) is 2. The number of halogens is 1. The zero-order chi connectivity index (χ0) is 24.8. The van der Waals surface area contributed by atoms with Gasteiger partial charge < -0.3 is 9.47 Å². The second kappa shape index (κ2) is 10.5. The van der Waals surface area contributed by atoms with E-state index in [0.717, 1.165) is 5.69 Å². The van der Waals surface area contributed by atoms with Crippen molar-refractivity contribution in [3.05, 3.63) is 96.4 Å². The smallest absolute Gasteiger partial charge is 0.279 e. The molecule has 3 aromatic carbocycles. The van der Waals surface area contributed by atoms with Gasteiger partial charge in [-0.1, -0.05) is 42.5 Å². The van der Waals surface area contributed by atoms with E-state index in [2.05, 4.69) is 16.0 Å². The van der Waals surface area contributed by atoms with E-state index in [1.807, 2.05) is 30.3 Å². The van der Waals surface area contributed by atoms with E-state index in [1.54, 1.807) is 48.3 Å². The number of benzene rings is 3. The maximum atomic E-state index is 13.8. The molecule has 0 bridgehead atoms. The highest BCUT2D eigenvalue weighted by Gasteiger charge is 2.22. The van der Waals surface area contributed by atoms with E-state index < -0.39 is 23.7 Å². The Morgan fingerprint density at radius 1 is 0.971 bits per heavy atom. The van der Waals surface area contributed by atoms with Crippen molar-refractivity contribution in [2.75, 3.05) is 7.11 Å². The molecule has 2 amide bonds. The van der Waals surface area contributed by atoms with E-state index >= 15 is 0 Å². The van der Waals surface area contributed by atoms with Gasteiger partial charge in [-0.3, -0.25) is 20.4 Å². The molecule has 9 heteroatoms. The summed E-state index contributed by atoms with van der Waals surface area (Å²) in [5.41, 5.74) is 6.75. The predicted octanol–water partition coefficient (Wildman–Crippen LogP) is 3.92. The minimum Gasteiger partial charge on any atom is -0.497 e. The number of hydrogen-bond acceptors (Lipinski definition) is 5. The third-order valence-corrected chi connectivity index (χ3v) is 5.13. The van der Waals surface area contributed by atoms with Crippen molar-refractivity contribution in [1.29, 1.82) is 0 Å². The van der Waals surface area contributed by atoms with Crippen molar-refractivity contribution < 1.29 is 23.5 Å². The molecule has 0 spiro atoms. The van der Waals surface area contributed by atoms with Crippen LogP contribution >= 0.6 is 0 Å². The fourth-order valence-electron chi connectivity index (χ4n) is 3.31. The average molecular weight is 474 g/mol. The average Bonchev–Trinajstić information content (AvgIpc) is 3.35. The van der Waals surface area contributed by atoms with E-state index in [1.165, 1.54) is 25.1 Å². The molecule has 0 aliphatic rings. The number of para-hydroxylation sites is 2. The number of rotatable bonds is 7. The molecule has 0 aliphatic carbocycles. The first-order valence-electron chi connectivity index (χ1n) is 10.8. The summed E-state index contributed by atoms with van der Waals surface area (Å²) in [5, 5.41) is 4.60. The molecular weight excluding hydrogens is 451 g/mol. The Morgan fingerprint density at radius 3 is 2.46 bits per heavy atom. The number of carbonyl (C=O) groups excluding carboxylic acids is 2. The summed E-state index contributed by atoms with van der Waals surface area (Å²) < 4.78 is 26.0. The second-order valence-electron chi connectivity index (χ2n) is 7.54. The zero-order valence-electron chi connectivity index (χ0n) is 19.1. The fraction of sp³-hybridized carbons (Fsp3) is 0.115. The quantitative estimate of drug-likeness (QED) is 0.396. The molecule has 0 radical (unpaired) electrons. The first kappa shape index (κ1) is 23.5. The van der Waals surface area contributed by atoms with Crippen molar-refractivity contribution in [3.63, 3.8) is 0 Å². The van der Waals surface area contributed by atoms with Crippen LogP contribution in [0, 0.1) is 5.82 Å². The Hall–Kier alpha value is -4.66. The van der Waals surface area contributed by atoms with E-state index in [0.29, 0.717) is 17.0 Å². The summed E-state index contributed by atoms with van der Waals surface area (Å²) in [6.07, 6.45) is 0.516. The number of nitrogens with one attached hydrogen (secondary N) is 2. The van der Waals surface area contributed by atoms with Crippen LogP contribution in [0.2, 0.25) is 0 Å². The Labute approximate surface area is 201 Å². The Balaban J connectivity index is 1.54. The fourth-order valence-corrected chi connectivity index (χ4v) is 3.31. The summed E-state index contributed by atoms with van der Waals surface area (Å²) in [5.74, 6) is -1.29. The highest BCUT2D eigenvalue weighted by molar-refractivity contribution is 6.01. The van der Waals surface area contributed by atoms with Gasteiger partial charge in [0.1, 0.15) is 11.4 Å². The summed E-state index contributed by atoms with van der Waals surface area (Å²) >= 11 is 0. The van der Waals surface area contributed by atoms with Crippen LogP contribution in [0.5, 0.6) is 11.5 Å². The number of hydrogen-bond donors (Lipinski definition) is 2. The normalized spacial score (nSPS) is 11.4. The summed E-state index contributed by atoms with van der Waals surface area (Å²) in [6, 6.07) is 22.2. The summed E-state index contributed by atoms with van der Waals surface area (Å²) in [6.45, 7) is 1.45. The molecule has 8 nitrogen and oxygen atoms in total. The third kappa shape index (κ3) is 5.47. The van der Waals surface area contributed by atoms with E-state index in [9.17, 15) is 14.0 Å². The number of aromatic nitrogens is 2. The maximum Gasteiger partial charge on any atom is 0.279 e. The number of carbonyl (C=O) groups is 2. The lowest BCUT2D eigenvalue weighted by molar-refractivity contribution is -0.128. The molecule has 1 unspecified atom stereocenters. The minimum absolute atomic E-state index is 0.0640. The lowest BCUT2D eigenvalue weighted by atomic mass is 10.1. The van der Waals surface area contributed by atoms with Crippen molar-refractivity contribution in [1.82, 2.24) is 20.6 Å². The number of ether oxygens (including phenoxy) is 2. The van der Waals surface area contributed by atoms with Crippen LogP contribution in [0.25, 0.3) is 16.9 Å². The van der Waals surface area contributed by atoms with Gasteiger partial charge in [0.05, 0.1) is 18.4 Å². The van der Waals surface area contributed by atoms with Crippen LogP contribution in [-0.4, -0.2) is 34.8 Å². The molecule has 1 aromatic heterocycles. The molecule has 0 saturated carbocycles. The molecule has 35 heavy (non-hydrogen) atoms.